The van der Waals surface area contributed by atoms with Gasteiger partial charge in [-0.2, -0.15) is 0 Å². The molecule has 0 bridgehead atoms. The van der Waals surface area contributed by atoms with Crippen molar-refractivity contribution in [3.05, 3.63) is 165 Å². The minimum absolute atomic E-state index is 0.0335. The summed E-state index contributed by atoms with van der Waals surface area (Å²) in [5.41, 5.74) is 9.27. The van der Waals surface area contributed by atoms with E-state index >= 15 is 0 Å². The van der Waals surface area contributed by atoms with Gasteiger partial charge in [-0.15, -0.1) is 0 Å². The van der Waals surface area contributed by atoms with Gasteiger partial charge in [0.25, 0.3) is 0 Å². The average molecular weight is 703 g/mol. The third-order valence-electron chi connectivity index (χ3n) is 12.3. The summed E-state index contributed by atoms with van der Waals surface area (Å²) in [6.07, 6.45) is 14.5. The predicted molar refractivity (Wildman–Crippen MR) is 227 cm³/mol. The number of rotatable bonds is 0. The Hall–Kier alpha value is -5.14. The maximum atomic E-state index is 3.82. The molecule has 7 rings (SSSR count). The maximum Gasteiger partial charge on any atom is 0.0450 e. The summed E-state index contributed by atoms with van der Waals surface area (Å²) in [5, 5.41) is 5.60. The molecule has 4 aliphatic carbocycles. The van der Waals surface area contributed by atoms with E-state index in [0.717, 1.165) is 32.0 Å². The van der Waals surface area contributed by atoms with Gasteiger partial charge in [-0.05, 0) is 103 Å². The van der Waals surface area contributed by atoms with E-state index in [1.165, 1.54) is 44.6 Å². The van der Waals surface area contributed by atoms with Gasteiger partial charge in [0.1, 0.15) is 0 Å². The molecule has 0 saturated carbocycles. The molecule has 54 heavy (non-hydrogen) atoms. The largest absolute Gasteiger partial charge is 0.0603 e. The summed E-state index contributed by atoms with van der Waals surface area (Å²) < 4.78 is 0. The van der Waals surface area contributed by atoms with Crippen molar-refractivity contribution >= 4 is 32.7 Å². The smallest absolute Gasteiger partial charge is 0.0450 e. The van der Waals surface area contributed by atoms with Crippen molar-refractivity contribution in [2.75, 3.05) is 0 Å². The predicted octanol–water partition coefficient (Wildman–Crippen LogP) is 12.0. The molecule has 0 heterocycles. The Balaban J connectivity index is 1.78. The van der Waals surface area contributed by atoms with Crippen LogP contribution in [-0.4, -0.2) is 0 Å². The minimum atomic E-state index is -0.359. The van der Waals surface area contributed by atoms with Gasteiger partial charge in [0, 0.05) is 42.8 Å². The lowest BCUT2D eigenvalue weighted by atomic mass is 9.45. The summed E-state index contributed by atoms with van der Waals surface area (Å²) in [7, 11) is 0. The van der Waals surface area contributed by atoms with Crippen LogP contribution in [0.1, 0.15) is 108 Å². The highest BCUT2D eigenvalue weighted by atomic mass is 14.6. The number of hydrogen-bond donors (Lipinski definition) is 0. The summed E-state index contributed by atoms with van der Waals surface area (Å²) >= 11 is 0. The monoisotopic (exact) mass is 702 g/mol. The van der Waals surface area contributed by atoms with E-state index in [1.54, 1.807) is 0 Å². The normalized spacial score (nSPS) is 21.4. The van der Waals surface area contributed by atoms with Gasteiger partial charge in [0.2, 0.25) is 0 Å². The van der Waals surface area contributed by atoms with Gasteiger partial charge >= 0.3 is 0 Å². The average Bonchev–Trinajstić information content (AvgIpc) is 3.06. The second-order valence-electron chi connectivity index (χ2n) is 20.1. The first-order valence-electron chi connectivity index (χ1n) is 19.4. The van der Waals surface area contributed by atoms with Crippen LogP contribution in [0, 0.1) is 70.2 Å². The minimum Gasteiger partial charge on any atom is -0.0603 e. The Labute approximate surface area is 326 Å². The van der Waals surface area contributed by atoms with E-state index in [-0.39, 0.29) is 32.5 Å². The van der Waals surface area contributed by atoms with E-state index in [1.807, 2.05) is 0 Å². The Morgan fingerprint density at radius 1 is 0.407 bits per heavy atom. The molecule has 0 heteroatoms. The lowest BCUT2D eigenvalue weighted by Gasteiger charge is -2.56. The van der Waals surface area contributed by atoms with Crippen molar-refractivity contribution < 1.29 is 0 Å². The number of fused-ring (bicyclic) bond motifs is 3. The van der Waals surface area contributed by atoms with Crippen molar-refractivity contribution in [3.8, 4) is 0 Å². The summed E-state index contributed by atoms with van der Waals surface area (Å²) in [6, 6.07) is 41.3. The molecule has 0 spiro atoms. The molecule has 0 fully saturated rings. The molecule has 0 aromatic heterocycles. The Bertz CT molecular complexity index is 2350. The second-order valence-corrected chi connectivity index (χ2v) is 20.1. The van der Waals surface area contributed by atoms with Crippen molar-refractivity contribution in [2.45, 2.75) is 108 Å². The lowest BCUT2D eigenvalue weighted by molar-refractivity contribution is 0.298. The molecule has 2 atom stereocenters. The SMILES string of the molecule is CC(C)(C)C1=CC2=c3c#cc4ccc(C(C)(C)C)cc4c#cc#cc4cc(C(C)(C)C)ccc4c#cc3=C3C=C(C(C)(C)C)C=C4C=CC(=C1)[C@]2(C)[C@@]43C. The lowest BCUT2D eigenvalue weighted by Crippen LogP contribution is -2.54. The van der Waals surface area contributed by atoms with Crippen molar-refractivity contribution in [2.24, 2.45) is 21.7 Å². The maximum absolute atomic E-state index is 3.82. The van der Waals surface area contributed by atoms with Gasteiger partial charge in [-0.25, -0.2) is 0 Å². The first-order valence-corrected chi connectivity index (χ1v) is 19.4. The molecule has 0 nitrogen and oxygen atoms in total. The fraction of sp³-hybridized carbons (Fsp3) is 0.370. The van der Waals surface area contributed by atoms with Crippen LogP contribution < -0.4 is 10.4 Å². The standard InChI is InChI=1S/C54H54/c1-49(2,3)39-23-19-35-21-27-45-46(28-22-36-20-24-40(50(4,5)6)30-38(36)18-16-15-17-37(35)29-39)48-34-44(52(10,11)12)32-42-26-25-41-31-43(51(7,8)9)33-47(45)53(41,13)54(42,48)14/h19-20,23-26,29-34H,1-14H3/t53-,54-/m0/s1. The summed E-state index contributed by atoms with van der Waals surface area (Å²) in [5.74, 6) is 0. The molecule has 0 radical (unpaired) electrons. The molecule has 4 aliphatic rings. The van der Waals surface area contributed by atoms with Gasteiger partial charge in [-0.1, -0.05) is 182 Å². The third kappa shape index (κ3) is 6.03. The van der Waals surface area contributed by atoms with Crippen molar-refractivity contribution in [1.82, 2.24) is 0 Å². The van der Waals surface area contributed by atoms with Gasteiger partial charge in [0.05, 0.1) is 0 Å². The van der Waals surface area contributed by atoms with Crippen molar-refractivity contribution in [1.29, 1.82) is 0 Å². The number of allylic oxidation sites excluding steroid dienone is 10. The third-order valence-corrected chi connectivity index (χ3v) is 12.3. The fourth-order valence-corrected chi connectivity index (χ4v) is 8.29. The first kappa shape index (κ1) is 37.2. The van der Waals surface area contributed by atoms with E-state index in [0.29, 0.717) is 0 Å². The molecular formula is C54H54. The van der Waals surface area contributed by atoms with Crippen LogP contribution in [0.15, 0.2) is 95.1 Å². The fourth-order valence-electron chi connectivity index (χ4n) is 8.29. The first-order chi connectivity index (χ1) is 25.0. The van der Waals surface area contributed by atoms with E-state index in [9.17, 15) is 0 Å². The Morgan fingerprint density at radius 2 is 0.778 bits per heavy atom. The highest BCUT2D eigenvalue weighted by Crippen LogP contribution is 2.66. The number of hydrogen-bond acceptors (Lipinski definition) is 0. The quantitative estimate of drug-likeness (QED) is 0.219. The van der Waals surface area contributed by atoms with Crippen LogP contribution in [-0.2, 0) is 10.8 Å². The highest BCUT2D eigenvalue weighted by molar-refractivity contribution is 5.89. The molecule has 270 valence electrons. The van der Waals surface area contributed by atoms with Crippen LogP contribution in [0.4, 0.5) is 0 Å². The molecule has 0 aliphatic heterocycles. The zero-order valence-corrected chi connectivity index (χ0v) is 34.9. The zero-order valence-electron chi connectivity index (χ0n) is 34.9. The van der Waals surface area contributed by atoms with E-state index in [4.69, 9.17) is 0 Å². The highest BCUT2D eigenvalue weighted by Gasteiger charge is 2.57. The van der Waals surface area contributed by atoms with Crippen LogP contribution in [0.5, 0.6) is 0 Å². The second kappa shape index (κ2) is 12.2. The van der Waals surface area contributed by atoms with Crippen LogP contribution in [0.2, 0.25) is 0 Å². The topological polar surface area (TPSA) is 0 Å². The summed E-state index contributed by atoms with van der Waals surface area (Å²) in [6.45, 7) is 32.1. The zero-order chi connectivity index (χ0) is 39.2. The molecule has 0 unspecified atom stereocenters. The molecule has 3 aromatic rings. The van der Waals surface area contributed by atoms with Crippen LogP contribution in [0.3, 0.4) is 0 Å². The van der Waals surface area contributed by atoms with Crippen LogP contribution in [0.25, 0.3) is 32.7 Å². The molecule has 3 aromatic carbocycles. The van der Waals surface area contributed by atoms with Crippen molar-refractivity contribution in [3.63, 3.8) is 0 Å². The molecular weight excluding hydrogens is 649 g/mol. The molecule has 0 saturated heterocycles. The van der Waals surface area contributed by atoms with E-state index < -0.39 is 0 Å². The molecule has 0 amide bonds. The van der Waals surface area contributed by atoms with E-state index in [2.05, 4.69) is 218 Å². The summed E-state index contributed by atoms with van der Waals surface area (Å²) in [4.78, 5) is 0. The number of benzene rings is 2. The van der Waals surface area contributed by atoms with Gasteiger partial charge < -0.3 is 0 Å². The molecule has 0 N–H and O–H groups in total. The Kier molecular flexibility index (Phi) is 8.39. The van der Waals surface area contributed by atoms with Gasteiger partial charge in [-0.3, -0.25) is 0 Å². The van der Waals surface area contributed by atoms with Gasteiger partial charge in [0.15, 0.2) is 0 Å². The Morgan fingerprint density at radius 3 is 1.11 bits per heavy atom. The van der Waals surface area contributed by atoms with Crippen LogP contribution >= 0.6 is 0 Å².